The molecular weight excluding hydrogens is 572 g/mol. The van der Waals surface area contributed by atoms with Crippen molar-refractivity contribution in [3.63, 3.8) is 0 Å². The Hall–Kier alpha value is -1.21. The summed E-state index contributed by atoms with van der Waals surface area (Å²) in [7, 11) is 1.90. The van der Waals surface area contributed by atoms with Crippen LogP contribution >= 0.6 is 46.4 Å². The number of carbonyl (C=O) groups excluding carboxylic acids is 2. The van der Waals surface area contributed by atoms with E-state index in [1.54, 1.807) is 26.8 Å². The maximum absolute atomic E-state index is 11.9. The standard InChI is InChI=1S/C12H21NO.C9H14Cl2O2.C7H10Cl2O2/c1-5-11(9(2)3)12(14)13(4)8-10-6-7-10;1-5-13-8(12)7(4)9(10,11)6(2)3;1-4(2)7(8,9)5(3)6(10)11/h5,9-11H,1,6-8H2,2-4H3;6H,4-5H2,1-3H3;4H,3H2,1-2H3,(H,10,11). The van der Waals surface area contributed by atoms with E-state index in [4.69, 9.17) is 56.2 Å². The van der Waals surface area contributed by atoms with Crippen LogP contribution in [-0.2, 0) is 19.1 Å². The van der Waals surface area contributed by atoms with Crippen molar-refractivity contribution in [1.29, 1.82) is 0 Å². The number of esters is 1. The van der Waals surface area contributed by atoms with Gasteiger partial charge in [-0.25, -0.2) is 9.59 Å². The number of carbonyl (C=O) groups is 3. The molecule has 0 heterocycles. The molecule has 0 aliphatic heterocycles. The number of hydrogen-bond acceptors (Lipinski definition) is 4. The Balaban J connectivity index is 0. The molecule has 1 rings (SSSR count). The van der Waals surface area contributed by atoms with Crippen molar-refractivity contribution in [3.8, 4) is 0 Å². The van der Waals surface area contributed by atoms with Gasteiger partial charge in [-0.15, -0.1) is 6.58 Å². The zero-order valence-electron chi connectivity index (χ0n) is 24.0. The van der Waals surface area contributed by atoms with Gasteiger partial charge in [0.1, 0.15) is 0 Å². The van der Waals surface area contributed by atoms with Crippen LogP contribution in [0.4, 0.5) is 0 Å². The third-order valence-corrected chi connectivity index (χ3v) is 8.56. The van der Waals surface area contributed by atoms with E-state index in [1.807, 2.05) is 25.8 Å². The van der Waals surface area contributed by atoms with Crippen LogP contribution in [-0.4, -0.2) is 56.7 Å². The summed E-state index contributed by atoms with van der Waals surface area (Å²) in [5.41, 5.74) is -0.0940. The van der Waals surface area contributed by atoms with Gasteiger partial charge < -0.3 is 14.7 Å². The minimum atomic E-state index is -1.37. The van der Waals surface area contributed by atoms with Crippen LogP contribution in [0.25, 0.3) is 0 Å². The van der Waals surface area contributed by atoms with E-state index >= 15 is 0 Å². The Bertz CT molecular complexity index is 833. The summed E-state index contributed by atoms with van der Waals surface area (Å²) in [5, 5.41) is 8.50. The van der Waals surface area contributed by atoms with Crippen LogP contribution in [0.5, 0.6) is 0 Å². The molecule has 1 saturated carbocycles. The molecule has 1 amide bonds. The molecule has 0 saturated heterocycles. The molecule has 0 aromatic carbocycles. The SMILES string of the molecule is C=C(C(=O)O)C(Cl)(Cl)C(C)C.C=C(C(=O)OCC)C(Cl)(Cl)C(C)C.C=CC(C(=O)N(C)CC1CC1)C(C)C. The Kier molecular flexibility index (Phi) is 17.9. The number of nitrogens with zero attached hydrogens (tertiary/aromatic N) is 1. The van der Waals surface area contributed by atoms with Gasteiger partial charge in [0.05, 0.1) is 23.7 Å². The first-order valence-corrected chi connectivity index (χ1v) is 14.1. The lowest BCUT2D eigenvalue weighted by molar-refractivity contribution is -0.139. The average Bonchev–Trinajstić information content (AvgIpc) is 3.62. The molecule has 1 N–H and O–H groups in total. The summed E-state index contributed by atoms with van der Waals surface area (Å²) in [6, 6.07) is 0. The third kappa shape index (κ3) is 13.2. The molecule has 1 atom stereocenters. The number of carboxylic acids is 1. The summed E-state index contributed by atoms with van der Waals surface area (Å²) >= 11 is 23.2. The fourth-order valence-corrected chi connectivity index (χ4v) is 3.20. The third-order valence-electron chi connectivity index (χ3n) is 5.90. The lowest BCUT2D eigenvalue weighted by Gasteiger charge is -2.24. The van der Waals surface area contributed by atoms with Gasteiger partial charge in [-0.3, -0.25) is 4.79 Å². The average molecular weight is 617 g/mol. The Labute approximate surface area is 249 Å². The normalized spacial score (nSPS) is 14.0. The molecule has 0 aromatic heterocycles. The van der Waals surface area contributed by atoms with E-state index in [0.717, 1.165) is 12.5 Å². The molecule has 0 bridgehead atoms. The summed E-state index contributed by atoms with van der Waals surface area (Å²) in [6.07, 6.45) is 4.35. The summed E-state index contributed by atoms with van der Waals surface area (Å²) in [4.78, 5) is 35.4. The summed E-state index contributed by atoms with van der Waals surface area (Å²) in [6.45, 7) is 24.7. The Morgan fingerprint density at radius 3 is 1.66 bits per heavy atom. The van der Waals surface area contributed by atoms with Crippen LogP contribution in [0.1, 0.15) is 61.3 Å². The number of hydrogen-bond donors (Lipinski definition) is 1. The van der Waals surface area contributed by atoms with Crippen molar-refractivity contribution >= 4 is 64.2 Å². The second kappa shape index (κ2) is 17.5. The fourth-order valence-electron chi connectivity index (χ4n) is 2.88. The highest BCUT2D eigenvalue weighted by Crippen LogP contribution is 2.37. The molecule has 1 aliphatic carbocycles. The largest absolute Gasteiger partial charge is 0.478 e. The highest BCUT2D eigenvalue weighted by atomic mass is 35.5. The number of halogens is 4. The number of aliphatic carboxylic acids is 1. The van der Waals surface area contributed by atoms with Crippen molar-refractivity contribution in [2.75, 3.05) is 20.2 Å². The first-order chi connectivity index (χ1) is 17.2. The predicted octanol–water partition coefficient (Wildman–Crippen LogP) is 7.71. The van der Waals surface area contributed by atoms with E-state index in [1.165, 1.54) is 12.8 Å². The van der Waals surface area contributed by atoms with Crippen LogP contribution in [0.15, 0.2) is 37.0 Å². The highest BCUT2D eigenvalue weighted by Gasteiger charge is 2.37. The fraction of sp³-hybridized carbons (Fsp3) is 0.679. The lowest BCUT2D eigenvalue weighted by atomic mass is 9.94. The van der Waals surface area contributed by atoms with E-state index in [-0.39, 0.29) is 34.8 Å². The molecule has 38 heavy (non-hydrogen) atoms. The van der Waals surface area contributed by atoms with Gasteiger partial charge in [0, 0.05) is 13.6 Å². The van der Waals surface area contributed by atoms with Crippen molar-refractivity contribution in [1.82, 2.24) is 4.90 Å². The van der Waals surface area contributed by atoms with Crippen LogP contribution in [0.3, 0.4) is 0 Å². The monoisotopic (exact) mass is 615 g/mol. The van der Waals surface area contributed by atoms with Crippen molar-refractivity contribution in [3.05, 3.63) is 37.0 Å². The van der Waals surface area contributed by atoms with Crippen molar-refractivity contribution in [2.45, 2.75) is 70.0 Å². The van der Waals surface area contributed by atoms with Gasteiger partial charge in [0.15, 0.2) is 8.67 Å². The quantitative estimate of drug-likeness (QED) is 0.105. The molecule has 0 radical (unpaired) electrons. The summed E-state index contributed by atoms with van der Waals surface area (Å²) in [5.74, 6) is -0.643. The van der Waals surface area contributed by atoms with Gasteiger partial charge in [-0.05, 0) is 43.4 Å². The molecule has 0 aromatic rings. The number of carboxylic acid groups (broad SMARTS) is 1. The van der Waals surface area contributed by atoms with Gasteiger partial charge in [-0.1, -0.05) is 107 Å². The van der Waals surface area contributed by atoms with E-state index in [0.29, 0.717) is 12.5 Å². The van der Waals surface area contributed by atoms with Gasteiger partial charge in [-0.2, -0.15) is 0 Å². The van der Waals surface area contributed by atoms with Crippen LogP contribution in [0, 0.1) is 29.6 Å². The number of alkyl halides is 4. The molecular formula is C28H45Cl4NO5. The van der Waals surface area contributed by atoms with Crippen molar-refractivity contribution < 1.29 is 24.2 Å². The Morgan fingerprint density at radius 2 is 1.39 bits per heavy atom. The maximum Gasteiger partial charge on any atom is 0.336 e. The highest BCUT2D eigenvalue weighted by molar-refractivity contribution is 6.52. The van der Waals surface area contributed by atoms with Gasteiger partial charge in [0.25, 0.3) is 0 Å². The minimum absolute atomic E-state index is 0.0150. The van der Waals surface area contributed by atoms with E-state index < -0.39 is 20.6 Å². The molecule has 0 spiro atoms. The zero-order valence-corrected chi connectivity index (χ0v) is 27.0. The van der Waals surface area contributed by atoms with Crippen molar-refractivity contribution in [2.24, 2.45) is 29.6 Å². The molecule has 220 valence electrons. The van der Waals surface area contributed by atoms with Gasteiger partial charge in [0.2, 0.25) is 5.91 Å². The molecule has 10 heteroatoms. The topological polar surface area (TPSA) is 83.9 Å². The second-order valence-corrected chi connectivity index (χ2v) is 13.0. The second-order valence-electron chi connectivity index (χ2n) is 10.2. The van der Waals surface area contributed by atoms with Crippen LogP contribution < -0.4 is 0 Å². The number of rotatable bonds is 12. The first-order valence-electron chi connectivity index (χ1n) is 12.6. The zero-order chi connectivity index (χ0) is 30.6. The predicted molar refractivity (Wildman–Crippen MR) is 160 cm³/mol. The van der Waals surface area contributed by atoms with Gasteiger partial charge >= 0.3 is 11.9 Å². The maximum atomic E-state index is 11.9. The molecule has 1 aliphatic rings. The first kappa shape index (κ1) is 38.9. The lowest BCUT2D eigenvalue weighted by Crippen LogP contribution is -2.35. The van der Waals surface area contributed by atoms with E-state index in [2.05, 4.69) is 33.6 Å². The minimum Gasteiger partial charge on any atom is -0.478 e. The Morgan fingerprint density at radius 1 is 0.974 bits per heavy atom. The number of ether oxygens (including phenoxy) is 1. The van der Waals surface area contributed by atoms with Crippen LogP contribution in [0.2, 0.25) is 0 Å². The molecule has 6 nitrogen and oxygen atoms in total. The molecule has 1 fully saturated rings. The molecule has 1 unspecified atom stereocenters. The number of amides is 1. The summed E-state index contributed by atoms with van der Waals surface area (Å²) < 4.78 is 2.12. The van der Waals surface area contributed by atoms with E-state index in [9.17, 15) is 14.4 Å². The smallest absolute Gasteiger partial charge is 0.336 e.